The molecule has 3 rings (SSSR count). The van der Waals surface area contributed by atoms with Gasteiger partial charge in [-0.25, -0.2) is 4.79 Å². The predicted octanol–water partition coefficient (Wildman–Crippen LogP) is 4.21. The Morgan fingerprint density at radius 3 is 2.50 bits per heavy atom. The summed E-state index contributed by atoms with van der Waals surface area (Å²) in [6, 6.07) is 9.56. The second-order valence-corrected chi connectivity index (χ2v) is 5.84. The van der Waals surface area contributed by atoms with Gasteiger partial charge in [-0.3, -0.25) is 4.79 Å². The number of hydrogen-bond acceptors (Lipinski definition) is 3. The van der Waals surface area contributed by atoms with Gasteiger partial charge in [-0.2, -0.15) is 0 Å². The average molecular weight is 364 g/mol. The molecule has 3 aromatic rings. The Labute approximate surface area is 146 Å². The van der Waals surface area contributed by atoms with Gasteiger partial charge >= 0.3 is 5.97 Å². The maximum atomic E-state index is 12.6. The molecule has 0 aliphatic carbocycles. The van der Waals surface area contributed by atoms with E-state index in [4.69, 9.17) is 27.9 Å². The SMILES string of the molecule is COc1ccccc1-c1c(C(=O)O)c2cc(Cl)c(Cl)cc2[nH]c1=O. The molecular formula is C17H11Cl2NO4. The number of H-pyrrole nitrogens is 1. The summed E-state index contributed by atoms with van der Waals surface area (Å²) < 4.78 is 5.25. The van der Waals surface area contributed by atoms with Crippen molar-refractivity contribution >= 4 is 40.1 Å². The number of fused-ring (bicyclic) bond motifs is 1. The Balaban J connectivity index is 2.51. The lowest BCUT2D eigenvalue weighted by Gasteiger charge is -2.13. The Hall–Kier alpha value is -2.50. The van der Waals surface area contributed by atoms with Gasteiger partial charge in [0.1, 0.15) is 5.75 Å². The van der Waals surface area contributed by atoms with Crippen LogP contribution in [0.15, 0.2) is 41.2 Å². The molecule has 1 heterocycles. The van der Waals surface area contributed by atoms with Crippen LogP contribution in [0.3, 0.4) is 0 Å². The number of carboxylic acids is 1. The highest BCUT2D eigenvalue weighted by Crippen LogP contribution is 2.35. The van der Waals surface area contributed by atoms with Gasteiger partial charge in [-0.05, 0) is 18.2 Å². The van der Waals surface area contributed by atoms with Crippen LogP contribution in [0.5, 0.6) is 5.75 Å². The largest absolute Gasteiger partial charge is 0.496 e. The fourth-order valence-corrected chi connectivity index (χ4v) is 2.95. The van der Waals surface area contributed by atoms with Crippen LogP contribution in [-0.2, 0) is 0 Å². The third-order valence-corrected chi connectivity index (χ3v) is 4.37. The van der Waals surface area contributed by atoms with Crippen molar-refractivity contribution in [1.29, 1.82) is 0 Å². The van der Waals surface area contributed by atoms with Crippen molar-refractivity contribution in [3.05, 3.63) is 62.4 Å². The number of para-hydroxylation sites is 1. The van der Waals surface area contributed by atoms with Gasteiger partial charge in [0.15, 0.2) is 0 Å². The minimum atomic E-state index is -1.25. The number of rotatable bonds is 3. The van der Waals surface area contributed by atoms with Crippen molar-refractivity contribution < 1.29 is 14.6 Å². The van der Waals surface area contributed by atoms with E-state index in [1.54, 1.807) is 24.3 Å². The molecule has 0 fully saturated rings. The standard InChI is InChI=1S/C17H11Cl2NO4/c1-24-13-5-3-2-4-8(13)14-15(17(22)23)9-6-10(18)11(19)7-12(9)20-16(14)21/h2-7H,1H3,(H,20,21)(H,22,23). The molecule has 0 amide bonds. The molecule has 0 aliphatic rings. The highest BCUT2D eigenvalue weighted by Gasteiger charge is 2.23. The van der Waals surface area contributed by atoms with E-state index in [9.17, 15) is 14.7 Å². The normalized spacial score (nSPS) is 10.8. The number of aromatic amines is 1. The second-order valence-electron chi connectivity index (χ2n) is 5.02. The van der Waals surface area contributed by atoms with Gasteiger partial charge in [0.2, 0.25) is 0 Å². The van der Waals surface area contributed by atoms with E-state index in [1.165, 1.54) is 19.2 Å². The molecule has 0 atom stereocenters. The molecule has 0 aliphatic heterocycles. The van der Waals surface area contributed by atoms with Gasteiger partial charge in [-0.15, -0.1) is 0 Å². The molecule has 122 valence electrons. The summed E-state index contributed by atoms with van der Waals surface area (Å²) in [5.74, 6) is -0.852. The van der Waals surface area contributed by atoms with E-state index >= 15 is 0 Å². The Morgan fingerprint density at radius 2 is 1.83 bits per heavy atom. The minimum absolute atomic E-state index is 0.00541. The Morgan fingerprint density at radius 1 is 1.17 bits per heavy atom. The molecule has 0 saturated carbocycles. The number of methoxy groups -OCH3 is 1. The van der Waals surface area contributed by atoms with E-state index in [-0.39, 0.29) is 26.6 Å². The first kappa shape index (κ1) is 16.4. The molecule has 0 radical (unpaired) electrons. The molecule has 0 unspecified atom stereocenters. The van der Waals surface area contributed by atoms with Crippen molar-refractivity contribution in [2.24, 2.45) is 0 Å². The molecular weight excluding hydrogens is 353 g/mol. The maximum Gasteiger partial charge on any atom is 0.337 e. The number of hydrogen-bond donors (Lipinski definition) is 2. The zero-order valence-corrected chi connectivity index (χ0v) is 13.9. The lowest BCUT2D eigenvalue weighted by Crippen LogP contribution is -2.16. The number of carboxylic acid groups (broad SMARTS) is 1. The van der Waals surface area contributed by atoms with Crippen molar-refractivity contribution in [2.75, 3.05) is 7.11 Å². The highest BCUT2D eigenvalue weighted by molar-refractivity contribution is 6.43. The zero-order chi connectivity index (χ0) is 17.4. The first-order valence-corrected chi connectivity index (χ1v) is 7.61. The number of pyridine rings is 1. The molecule has 24 heavy (non-hydrogen) atoms. The Bertz CT molecular complexity index is 1030. The van der Waals surface area contributed by atoms with Gasteiger partial charge in [-0.1, -0.05) is 41.4 Å². The molecule has 5 nitrogen and oxygen atoms in total. The molecule has 1 aromatic heterocycles. The van der Waals surface area contributed by atoms with E-state index in [1.807, 2.05) is 0 Å². The third kappa shape index (κ3) is 2.62. The number of nitrogens with one attached hydrogen (secondary N) is 1. The molecule has 7 heteroatoms. The van der Waals surface area contributed by atoms with Crippen molar-refractivity contribution in [3.63, 3.8) is 0 Å². The quantitative estimate of drug-likeness (QED) is 0.730. The summed E-state index contributed by atoms with van der Waals surface area (Å²) in [6.07, 6.45) is 0. The summed E-state index contributed by atoms with van der Waals surface area (Å²) in [5, 5.41) is 10.4. The number of carbonyl (C=O) groups is 1. The van der Waals surface area contributed by atoms with Crippen LogP contribution < -0.4 is 10.3 Å². The third-order valence-electron chi connectivity index (χ3n) is 3.65. The monoisotopic (exact) mass is 363 g/mol. The minimum Gasteiger partial charge on any atom is -0.496 e. The highest BCUT2D eigenvalue weighted by atomic mass is 35.5. The zero-order valence-electron chi connectivity index (χ0n) is 12.4. The lowest BCUT2D eigenvalue weighted by molar-refractivity contribution is 0.0699. The first-order chi connectivity index (χ1) is 11.4. The van der Waals surface area contributed by atoms with Gasteiger partial charge in [0.05, 0.1) is 33.8 Å². The van der Waals surface area contributed by atoms with Crippen LogP contribution in [0, 0.1) is 0 Å². The molecule has 2 N–H and O–H groups in total. The summed E-state index contributed by atoms with van der Waals surface area (Å²) >= 11 is 12.0. The number of halogens is 2. The molecule has 2 aromatic carbocycles. The fourth-order valence-electron chi connectivity index (χ4n) is 2.62. The fraction of sp³-hybridized carbons (Fsp3) is 0.0588. The van der Waals surface area contributed by atoms with Gasteiger partial charge in [0, 0.05) is 10.9 Å². The predicted molar refractivity (Wildman–Crippen MR) is 93.5 cm³/mol. The smallest absolute Gasteiger partial charge is 0.337 e. The Kier molecular flexibility index (Phi) is 4.22. The number of ether oxygens (including phenoxy) is 1. The van der Waals surface area contributed by atoms with E-state index in [0.717, 1.165) is 0 Å². The summed E-state index contributed by atoms with van der Waals surface area (Å²) in [6.45, 7) is 0. The van der Waals surface area contributed by atoms with Crippen molar-refractivity contribution in [1.82, 2.24) is 4.98 Å². The molecule has 0 saturated heterocycles. The average Bonchev–Trinajstić information content (AvgIpc) is 2.55. The van der Waals surface area contributed by atoms with E-state index < -0.39 is 11.5 Å². The van der Waals surface area contributed by atoms with E-state index in [0.29, 0.717) is 16.8 Å². The van der Waals surface area contributed by atoms with Crippen LogP contribution in [0.25, 0.3) is 22.0 Å². The van der Waals surface area contributed by atoms with Crippen LogP contribution in [-0.4, -0.2) is 23.2 Å². The second kappa shape index (κ2) is 6.19. The summed E-state index contributed by atoms with van der Waals surface area (Å²) in [4.78, 5) is 27.1. The van der Waals surface area contributed by atoms with Crippen LogP contribution >= 0.6 is 23.2 Å². The van der Waals surface area contributed by atoms with Crippen LogP contribution in [0.1, 0.15) is 10.4 Å². The maximum absolute atomic E-state index is 12.6. The topological polar surface area (TPSA) is 79.4 Å². The summed E-state index contributed by atoms with van der Waals surface area (Å²) in [7, 11) is 1.45. The number of aromatic carboxylic acids is 1. The lowest BCUT2D eigenvalue weighted by atomic mass is 9.97. The molecule has 0 spiro atoms. The van der Waals surface area contributed by atoms with Gasteiger partial charge in [0.25, 0.3) is 5.56 Å². The number of aromatic nitrogens is 1. The molecule has 0 bridgehead atoms. The van der Waals surface area contributed by atoms with Crippen molar-refractivity contribution in [2.45, 2.75) is 0 Å². The van der Waals surface area contributed by atoms with Crippen molar-refractivity contribution in [3.8, 4) is 16.9 Å². The van der Waals surface area contributed by atoms with Gasteiger partial charge < -0.3 is 14.8 Å². The van der Waals surface area contributed by atoms with E-state index in [2.05, 4.69) is 4.98 Å². The summed E-state index contributed by atoms with van der Waals surface area (Å²) in [5.41, 5.74) is -0.0254. The van der Waals surface area contributed by atoms with Crippen LogP contribution in [0.2, 0.25) is 10.0 Å². The number of benzene rings is 2. The van der Waals surface area contributed by atoms with Crippen LogP contribution in [0.4, 0.5) is 0 Å². The first-order valence-electron chi connectivity index (χ1n) is 6.85.